The average molecular weight is 231 g/mol. The lowest BCUT2D eigenvalue weighted by atomic mass is 10.1. The van der Waals surface area contributed by atoms with Crippen molar-refractivity contribution in [3.8, 4) is 0 Å². The van der Waals surface area contributed by atoms with Crippen molar-refractivity contribution >= 4 is 21.4 Å². The third-order valence-electron chi connectivity index (χ3n) is 3.21. The smallest absolute Gasteiger partial charge is 0.0345 e. The largest absolute Gasteiger partial charge is 0.314 e. The summed E-state index contributed by atoms with van der Waals surface area (Å²) in [4.78, 5) is 0. The number of rotatable bonds is 4. The molecule has 2 heteroatoms. The number of fused-ring (bicyclic) bond motifs is 1. The lowest BCUT2D eigenvalue weighted by Crippen LogP contribution is -2.19. The van der Waals surface area contributed by atoms with Crippen LogP contribution in [-0.2, 0) is 6.42 Å². The molecule has 0 aliphatic heterocycles. The summed E-state index contributed by atoms with van der Waals surface area (Å²) in [5.41, 5.74) is 2.87. The Hall–Kier alpha value is -0.860. The molecule has 1 saturated carbocycles. The van der Waals surface area contributed by atoms with Crippen molar-refractivity contribution in [1.82, 2.24) is 5.32 Å². The fourth-order valence-corrected chi connectivity index (χ4v) is 3.07. The third kappa shape index (κ3) is 2.13. The van der Waals surface area contributed by atoms with Gasteiger partial charge in [-0.15, -0.1) is 11.3 Å². The number of hydrogen-bond donors (Lipinski definition) is 1. The molecule has 0 radical (unpaired) electrons. The molecular formula is C14H17NS. The Kier molecular flexibility index (Phi) is 2.70. The molecule has 1 aliphatic rings. The predicted molar refractivity (Wildman–Crippen MR) is 71.3 cm³/mol. The van der Waals surface area contributed by atoms with E-state index in [4.69, 9.17) is 0 Å². The minimum Gasteiger partial charge on any atom is -0.314 e. The molecule has 1 aliphatic carbocycles. The molecule has 0 unspecified atom stereocenters. The summed E-state index contributed by atoms with van der Waals surface area (Å²) < 4.78 is 1.42. The van der Waals surface area contributed by atoms with Crippen molar-refractivity contribution < 1.29 is 0 Å². The fourth-order valence-electron chi connectivity index (χ4n) is 2.09. The molecular weight excluding hydrogens is 214 g/mol. The minimum atomic E-state index is 0.826. The van der Waals surface area contributed by atoms with Crippen LogP contribution < -0.4 is 5.32 Å². The van der Waals surface area contributed by atoms with Crippen LogP contribution in [0, 0.1) is 6.92 Å². The number of aryl methyl sites for hydroxylation is 1. The first-order chi connectivity index (χ1) is 7.83. The first-order valence-corrected chi connectivity index (χ1v) is 6.91. The van der Waals surface area contributed by atoms with Gasteiger partial charge in [-0.05, 0) is 55.1 Å². The lowest BCUT2D eigenvalue weighted by molar-refractivity contribution is 0.684. The molecule has 0 atom stereocenters. The van der Waals surface area contributed by atoms with Gasteiger partial charge in [-0.2, -0.15) is 0 Å². The monoisotopic (exact) mass is 231 g/mol. The summed E-state index contributed by atoms with van der Waals surface area (Å²) in [6, 6.07) is 7.59. The summed E-state index contributed by atoms with van der Waals surface area (Å²) >= 11 is 1.87. The highest BCUT2D eigenvalue weighted by molar-refractivity contribution is 7.17. The van der Waals surface area contributed by atoms with Crippen LogP contribution >= 0.6 is 11.3 Å². The van der Waals surface area contributed by atoms with Crippen molar-refractivity contribution in [2.45, 2.75) is 32.2 Å². The summed E-state index contributed by atoms with van der Waals surface area (Å²) in [5, 5.41) is 7.36. The second-order valence-corrected chi connectivity index (χ2v) is 5.65. The number of nitrogens with one attached hydrogen (secondary N) is 1. The van der Waals surface area contributed by atoms with Gasteiger partial charge >= 0.3 is 0 Å². The predicted octanol–water partition coefficient (Wildman–Crippen LogP) is 3.50. The molecule has 1 fully saturated rings. The van der Waals surface area contributed by atoms with E-state index in [-0.39, 0.29) is 0 Å². The van der Waals surface area contributed by atoms with Gasteiger partial charge in [-0.3, -0.25) is 0 Å². The van der Waals surface area contributed by atoms with E-state index in [2.05, 4.69) is 35.8 Å². The zero-order chi connectivity index (χ0) is 11.0. The van der Waals surface area contributed by atoms with E-state index in [1.807, 2.05) is 11.3 Å². The molecule has 1 aromatic heterocycles. The van der Waals surface area contributed by atoms with Gasteiger partial charge < -0.3 is 5.32 Å². The maximum absolute atomic E-state index is 3.58. The van der Waals surface area contributed by atoms with E-state index in [0.717, 1.165) is 12.6 Å². The van der Waals surface area contributed by atoms with E-state index in [9.17, 15) is 0 Å². The first kappa shape index (κ1) is 10.3. The topological polar surface area (TPSA) is 12.0 Å². The van der Waals surface area contributed by atoms with Gasteiger partial charge in [-0.1, -0.05) is 17.7 Å². The van der Waals surface area contributed by atoms with Crippen LogP contribution in [-0.4, -0.2) is 12.6 Å². The summed E-state index contributed by atoms with van der Waals surface area (Å²) in [6.07, 6.45) is 3.92. The fraction of sp³-hybridized carbons (Fsp3) is 0.429. The van der Waals surface area contributed by atoms with Crippen LogP contribution in [0.25, 0.3) is 10.1 Å². The molecule has 0 amide bonds. The van der Waals surface area contributed by atoms with Gasteiger partial charge in [0.2, 0.25) is 0 Å². The lowest BCUT2D eigenvalue weighted by Gasteiger charge is -2.02. The molecule has 1 N–H and O–H groups in total. The second-order valence-electron chi connectivity index (χ2n) is 4.74. The molecule has 16 heavy (non-hydrogen) atoms. The first-order valence-electron chi connectivity index (χ1n) is 6.03. The van der Waals surface area contributed by atoms with Crippen molar-refractivity contribution in [2.75, 3.05) is 6.54 Å². The zero-order valence-electron chi connectivity index (χ0n) is 9.62. The van der Waals surface area contributed by atoms with E-state index < -0.39 is 0 Å². The van der Waals surface area contributed by atoms with Crippen LogP contribution in [0.4, 0.5) is 0 Å². The van der Waals surface area contributed by atoms with Crippen LogP contribution in [0.15, 0.2) is 23.6 Å². The van der Waals surface area contributed by atoms with Crippen LogP contribution in [0.2, 0.25) is 0 Å². The molecule has 84 valence electrons. The highest BCUT2D eigenvalue weighted by Crippen LogP contribution is 2.27. The van der Waals surface area contributed by atoms with Gasteiger partial charge in [0.1, 0.15) is 0 Å². The Morgan fingerprint density at radius 1 is 1.38 bits per heavy atom. The molecule has 1 nitrogen and oxygen atoms in total. The normalized spacial score (nSPS) is 15.8. The van der Waals surface area contributed by atoms with E-state index in [0.29, 0.717) is 0 Å². The third-order valence-corrected chi connectivity index (χ3v) is 4.23. The Morgan fingerprint density at radius 3 is 3.06 bits per heavy atom. The maximum atomic E-state index is 3.58. The molecule has 0 bridgehead atoms. The number of hydrogen-bond acceptors (Lipinski definition) is 2. The van der Waals surface area contributed by atoms with E-state index in [1.165, 1.54) is 40.5 Å². The maximum Gasteiger partial charge on any atom is 0.0345 e. The van der Waals surface area contributed by atoms with Crippen molar-refractivity contribution in [2.24, 2.45) is 0 Å². The van der Waals surface area contributed by atoms with Crippen molar-refractivity contribution in [3.05, 3.63) is 34.7 Å². The highest BCUT2D eigenvalue weighted by Gasteiger charge is 2.19. The summed E-state index contributed by atoms with van der Waals surface area (Å²) in [7, 11) is 0. The Bertz CT molecular complexity index is 496. The Morgan fingerprint density at radius 2 is 2.25 bits per heavy atom. The number of thiophene rings is 1. The minimum absolute atomic E-state index is 0.826. The van der Waals surface area contributed by atoms with Gasteiger partial charge in [0.15, 0.2) is 0 Å². The van der Waals surface area contributed by atoms with E-state index in [1.54, 1.807) is 0 Å². The molecule has 3 rings (SSSR count). The molecule has 1 aromatic carbocycles. The van der Waals surface area contributed by atoms with Crippen molar-refractivity contribution in [3.63, 3.8) is 0 Å². The SMILES string of the molecule is Cc1ccc2scc(CCNC3CC3)c2c1. The Labute approximate surface area is 100 Å². The summed E-state index contributed by atoms with van der Waals surface area (Å²) in [6.45, 7) is 3.30. The van der Waals surface area contributed by atoms with Gasteiger partial charge in [0.25, 0.3) is 0 Å². The molecule has 1 heterocycles. The Balaban J connectivity index is 1.76. The molecule has 0 spiro atoms. The number of benzene rings is 1. The quantitative estimate of drug-likeness (QED) is 0.849. The molecule has 0 saturated heterocycles. The zero-order valence-corrected chi connectivity index (χ0v) is 10.4. The van der Waals surface area contributed by atoms with Crippen LogP contribution in [0.3, 0.4) is 0 Å². The van der Waals surface area contributed by atoms with Gasteiger partial charge in [0, 0.05) is 10.7 Å². The second kappa shape index (κ2) is 4.19. The van der Waals surface area contributed by atoms with Gasteiger partial charge in [0.05, 0.1) is 0 Å². The standard InChI is InChI=1S/C14H17NS/c1-10-2-5-14-13(8-10)11(9-16-14)6-7-15-12-3-4-12/h2,5,8-9,12,15H,3-4,6-7H2,1H3. The summed E-state index contributed by atoms with van der Waals surface area (Å²) in [5.74, 6) is 0. The van der Waals surface area contributed by atoms with Gasteiger partial charge in [-0.25, -0.2) is 0 Å². The average Bonchev–Trinajstić information content (AvgIpc) is 3.01. The van der Waals surface area contributed by atoms with E-state index >= 15 is 0 Å². The van der Waals surface area contributed by atoms with Crippen molar-refractivity contribution in [1.29, 1.82) is 0 Å². The highest BCUT2D eigenvalue weighted by atomic mass is 32.1. The molecule has 2 aromatic rings. The van der Waals surface area contributed by atoms with Crippen LogP contribution in [0.5, 0.6) is 0 Å². The van der Waals surface area contributed by atoms with Crippen LogP contribution in [0.1, 0.15) is 24.0 Å².